The van der Waals surface area contributed by atoms with Gasteiger partial charge in [-0.2, -0.15) is 0 Å². The number of thiazole rings is 1. The summed E-state index contributed by atoms with van der Waals surface area (Å²) in [7, 11) is 0. The van der Waals surface area contributed by atoms with E-state index in [9.17, 15) is 10.1 Å². The summed E-state index contributed by atoms with van der Waals surface area (Å²) in [6.07, 6.45) is 0.856. The van der Waals surface area contributed by atoms with Crippen molar-refractivity contribution in [2.24, 2.45) is 4.99 Å². The van der Waals surface area contributed by atoms with Gasteiger partial charge >= 0.3 is 0 Å². The first kappa shape index (κ1) is 23.5. The van der Waals surface area contributed by atoms with Gasteiger partial charge in [-0.1, -0.05) is 91.0 Å². The van der Waals surface area contributed by atoms with Gasteiger partial charge in [-0.25, -0.2) is 4.99 Å². The fourth-order valence-electron chi connectivity index (χ4n) is 4.41. The van der Waals surface area contributed by atoms with Crippen molar-refractivity contribution in [2.45, 2.75) is 18.9 Å². The molecule has 0 aliphatic heterocycles. The molecule has 0 bridgehead atoms. The second kappa shape index (κ2) is 11.0. The Morgan fingerprint density at radius 1 is 0.806 bits per heavy atom. The highest BCUT2D eigenvalue weighted by Crippen LogP contribution is 2.30. The molecule has 178 valence electrons. The minimum Gasteiger partial charge on any atom is -0.316 e. The fourth-order valence-corrected chi connectivity index (χ4v) is 5.37. The zero-order valence-electron chi connectivity index (χ0n) is 19.6. The Morgan fingerprint density at radius 2 is 1.42 bits per heavy atom. The minimum atomic E-state index is -0.351. The van der Waals surface area contributed by atoms with Crippen LogP contribution in [0.4, 0.5) is 11.4 Å². The van der Waals surface area contributed by atoms with Crippen LogP contribution in [-0.4, -0.2) is 9.49 Å². The summed E-state index contributed by atoms with van der Waals surface area (Å²) in [5.74, 6) is 0.210. The van der Waals surface area contributed by atoms with Gasteiger partial charge in [-0.05, 0) is 29.7 Å². The monoisotopic (exact) mass is 491 g/mol. The van der Waals surface area contributed by atoms with Crippen LogP contribution in [0, 0.1) is 10.1 Å². The van der Waals surface area contributed by atoms with Crippen LogP contribution < -0.4 is 4.80 Å². The highest BCUT2D eigenvalue weighted by atomic mass is 32.1. The average molecular weight is 492 g/mol. The molecule has 0 spiro atoms. The van der Waals surface area contributed by atoms with Gasteiger partial charge in [0.05, 0.1) is 16.3 Å². The summed E-state index contributed by atoms with van der Waals surface area (Å²) in [6.45, 7) is 0.710. The molecule has 0 atom stereocenters. The summed E-state index contributed by atoms with van der Waals surface area (Å²) >= 11 is 1.55. The summed E-state index contributed by atoms with van der Waals surface area (Å²) < 4.78 is 2.19. The summed E-state index contributed by atoms with van der Waals surface area (Å²) in [5.41, 5.74) is 5.22. The van der Waals surface area contributed by atoms with Crippen molar-refractivity contribution in [1.82, 2.24) is 4.57 Å². The number of nitrogens with zero attached hydrogens (tertiary/aromatic N) is 3. The molecule has 0 saturated heterocycles. The molecule has 0 unspecified atom stereocenters. The molecular formula is C30H25N3O2S. The van der Waals surface area contributed by atoms with Crippen molar-refractivity contribution in [1.29, 1.82) is 0 Å². The highest BCUT2D eigenvalue weighted by Gasteiger charge is 2.17. The zero-order valence-corrected chi connectivity index (χ0v) is 20.4. The first-order valence-corrected chi connectivity index (χ1v) is 12.7. The van der Waals surface area contributed by atoms with Gasteiger partial charge in [-0.3, -0.25) is 10.1 Å². The van der Waals surface area contributed by atoms with Crippen molar-refractivity contribution in [3.05, 3.63) is 147 Å². The van der Waals surface area contributed by atoms with Gasteiger partial charge in [0.15, 0.2) is 4.80 Å². The van der Waals surface area contributed by atoms with Crippen LogP contribution in [0.2, 0.25) is 0 Å². The molecule has 0 fully saturated rings. The Bertz CT molecular complexity index is 1470. The Balaban J connectivity index is 1.57. The highest BCUT2D eigenvalue weighted by molar-refractivity contribution is 7.07. The fraction of sp³-hybridized carbons (Fsp3) is 0.100. The number of rotatable bonds is 8. The lowest BCUT2D eigenvalue weighted by atomic mass is 9.88. The van der Waals surface area contributed by atoms with E-state index in [1.54, 1.807) is 23.5 Å². The molecule has 1 heterocycles. The number of nitro benzene ring substituents is 1. The number of nitro groups is 1. The van der Waals surface area contributed by atoms with E-state index in [0.29, 0.717) is 6.54 Å². The van der Waals surface area contributed by atoms with Gasteiger partial charge in [0.25, 0.3) is 5.69 Å². The van der Waals surface area contributed by atoms with Crippen LogP contribution >= 0.6 is 11.3 Å². The Kier molecular flexibility index (Phi) is 7.15. The van der Waals surface area contributed by atoms with Crippen molar-refractivity contribution in [2.75, 3.05) is 0 Å². The lowest BCUT2D eigenvalue weighted by Gasteiger charge is -2.19. The number of para-hydroxylation sites is 1. The predicted molar refractivity (Wildman–Crippen MR) is 145 cm³/mol. The van der Waals surface area contributed by atoms with Crippen molar-refractivity contribution < 1.29 is 4.92 Å². The molecule has 5 rings (SSSR count). The van der Waals surface area contributed by atoms with E-state index in [2.05, 4.69) is 53.1 Å². The van der Waals surface area contributed by atoms with E-state index >= 15 is 0 Å². The molecule has 0 aliphatic rings. The lowest BCUT2D eigenvalue weighted by molar-refractivity contribution is -0.384. The first-order valence-electron chi connectivity index (χ1n) is 11.8. The third kappa shape index (κ3) is 5.34. The molecule has 5 aromatic rings. The smallest absolute Gasteiger partial charge is 0.270 e. The second-order valence-corrected chi connectivity index (χ2v) is 9.31. The lowest BCUT2D eigenvalue weighted by Crippen LogP contribution is -2.18. The van der Waals surface area contributed by atoms with E-state index in [1.807, 2.05) is 53.9 Å². The van der Waals surface area contributed by atoms with E-state index in [0.717, 1.165) is 28.2 Å². The second-order valence-electron chi connectivity index (χ2n) is 8.47. The van der Waals surface area contributed by atoms with Crippen LogP contribution in [0.25, 0.3) is 11.3 Å². The van der Waals surface area contributed by atoms with E-state index in [-0.39, 0.29) is 16.5 Å². The standard InChI is InChI=1S/C30H25N3O2S/c34-33(35)27-18-10-15-25(21-27)29-22-36-30(31-26-16-8-3-9-17-26)32(29)20-19-28(23-11-4-1-5-12-23)24-13-6-2-7-14-24/h1-18,21-22,28H,19-20H2. The molecule has 0 radical (unpaired) electrons. The molecule has 1 aromatic heterocycles. The third-order valence-electron chi connectivity index (χ3n) is 6.18. The zero-order chi connectivity index (χ0) is 24.7. The molecule has 0 aliphatic carbocycles. The van der Waals surface area contributed by atoms with Crippen molar-refractivity contribution in [3.8, 4) is 11.3 Å². The van der Waals surface area contributed by atoms with Gasteiger partial charge in [-0.15, -0.1) is 11.3 Å². The molecule has 0 N–H and O–H groups in total. The van der Waals surface area contributed by atoms with E-state index in [4.69, 9.17) is 4.99 Å². The molecular weight excluding hydrogens is 466 g/mol. The molecule has 0 amide bonds. The van der Waals surface area contributed by atoms with Crippen LogP contribution in [0.5, 0.6) is 0 Å². The molecule has 0 saturated carbocycles. The quantitative estimate of drug-likeness (QED) is 0.166. The van der Waals surface area contributed by atoms with E-state index < -0.39 is 0 Å². The average Bonchev–Trinajstić information content (AvgIpc) is 3.33. The predicted octanol–water partition coefficient (Wildman–Crippen LogP) is 7.58. The molecule has 6 heteroatoms. The maximum Gasteiger partial charge on any atom is 0.270 e. The SMILES string of the molecule is O=[N+]([O-])c1cccc(-c2csc(=Nc3ccccc3)n2CCC(c2ccccc2)c2ccccc2)c1. The number of aromatic nitrogens is 1. The van der Waals surface area contributed by atoms with Crippen LogP contribution in [0.1, 0.15) is 23.5 Å². The number of benzene rings is 4. The van der Waals surface area contributed by atoms with Gasteiger partial charge in [0, 0.05) is 35.5 Å². The van der Waals surface area contributed by atoms with Crippen molar-refractivity contribution >= 4 is 22.7 Å². The van der Waals surface area contributed by atoms with Gasteiger partial charge in [0.2, 0.25) is 0 Å². The number of non-ortho nitro benzene ring substituents is 1. The van der Waals surface area contributed by atoms with E-state index in [1.165, 1.54) is 17.2 Å². The number of hydrogen-bond donors (Lipinski definition) is 0. The van der Waals surface area contributed by atoms with Crippen LogP contribution in [-0.2, 0) is 6.54 Å². The minimum absolute atomic E-state index is 0.0817. The summed E-state index contributed by atoms with van der Waals surface area (Å²) in [4.78, 5) is 16.9. The Hall–Kier alpha value is -4.29. The van der Waals surface area contributed by atoms with Gasteiger partial charge in [0.1, 0.15) is 0 Å². The molecule has 5 nitrogen and oxygen atoms in total. The normalized spacial score (nSPS) is 11.6. The van der Waals surface area contributed by atoms with Gasteiger partial charge < -0.3 is 4.57 Å². The largest absolute Gasteiger partial charge is 0.316 e. The topological polar surface area (TPSA) is 60.4 Å². The van der Waals surface area contributed by atoms with Crippen LogP contribution in [0.3, 0.4) is 0 Å². The summed E-state index contributed by atoms with van der Waals surface area (Å²) in [6, 6.07) is 37.8. The van der Waals surface area contributed by atoms with Crippen LogP contribution in [0.15, 0.2) is 126 Å². The maximum atomic E-state index is 11.4. The maximum absolute atomic E-state index is 11.4. The Morgan fingerprint density at radius 3 is 2.03 bits per heavy atom. The first-order chi connectivity index (χ1) is 17.7. The summed E-state index contributed by atoms with van der Waals surface area (Å²) in [5, 5.41) is 13.5. The molecule has 4 aromatic carbocycles. The Labute approximate surface area is 213 Å². The third-order valence-corrected chi connectivity index (χ3v) is 7.04. The van der Waals surface area contributed by atoms with Crippen molar-refractivity contribution in [3.63, 3.8) is 0 Å². The number of hydrogen-bond acceptors (Lipinski definition) is 4. The molecule has 36 heavy (non-hydrogen) atoms.